The Kier molecular flexibility index (Phi) is 4.85. The van der Waals surface area contributed by atoms with E-state index in [2.05, 4.69) is 32.5 Å². The molecule has 0 saturated carbocycles. The molecule has 3 aromatic heterocycles. The van der Waals surface area contributed by atoms with Gasteiger partial charge in [-0.3, -0.25) is 9.36 Å². The van der Waals surface area contributed by atoms with Gasteiger partial charge in [-0.15, -0.1) is 0 Å². The average Bonchev–Trinajstić information content (AvgIpc) is 3.32. The van der Waals surface area contributed by atoms with Gasteiger partial charge in [-0.2, -0.15) is 10.1 Å². The molecule has 7 nitrogen and oxygen atoms in total. The molecule has 0 spiro atoms. The van der Waals surface area contributed by atoms with E-state index in [0.29, 0.717) is 24.1 Å². The second kappa shape index (κ2) is 7.94. The summed E-state index contributed by atoms with van der Waals surface area (Å²) in [4.78, 5) is 21.7. The molecule has 1 aliphatic rings. The maximum Gasteiger partial charge on any atom is 0.252 e. The topological polar surface area (TPSA) is 77.6 Å². The number of aromatic nitrogens is 5. The van der Waals surface area contributed by atoms with E-state index in [1.165, 1.54) is 0 Å². The van der Waals surface area contributed by atoms with Crippen LogP contribution in [0.2, 0.25) is 0 Å². The highest BCUT2D eigenvalue weighted by Crippen LogP contribution is 2.22. The zero-order valence-corrected chi connectivity index (χ0v) is 16.5. The summed E-state index contributed by atoms with van der Waals surface area (Å²) in [5, 5.41) is 8.34. The Balaban J connectivity index is 1.43. The van der Waals surface area contributed by atoms with Gasteiger partial charge in [0.25, 0.3) is 5.56 Å². The van der Waals surface area contributed by atoms with E-state index in [1.807, 2.05) is 36.5 Å². The molecule has 0 radical (unpaired) electrons. The summed E-state index contributed by atoms with van der Waals surface area (Å²) in [6, 6.07) is 13.1. The van der Waals surface area contributed by atoms with Gasteiger partial charge in [0.2, 0.25) is 5.95 Å². The van der Waals surface area contributed by atoms with Gasteiger partial charge in [0.15, 0.2) is 0 Å². The van der Waals surface area contributed by atoms with E-state index in [-0.39, 0.29) is 5.56 Å². The van der Waals surface area contributed by atoms with Crippen molar-refractivity contribution < 1.29 is 0 Å². The van der Waals surface area contributed by atoms with Crippen molar-refractivity contribution in [2.45, 2.75) is 25.8 Å². The summed E-state index contributed by atoms with van der Waals surface area (Å²) in [5.41, 5.74) is 2.49. The van der Waals surface area contributed by atoms with Gasteiger partial charge in [-0.1, -0.05) is 12.2 Å². The van der Waals surface area contributed by atoms with Crippen LogP contribution >= 0.6 is 0 Å². The van der Waals surface area contributed by atoms with E-state index in [4.69, 9.17) is 0 Å². The SMILES string of the molecule is O=c1ccc2cnc(Nc3ccc(-n4cccn4)cc3)nc2n1CC1CC=CCC1. The van der Waals surface area contributed by atoms with Crippen molar-refractivity contribution in [3.63, 3.8) is 0 Å². The number of allylic oxidation sites excluding steroid dienone is 2. The molecule has 0 aliphatic heterocycles. The first-order valence-corrected chi connectivity index (χ1v) is 10.1. The molecule has 3 heterocycles. The number of nitrogens with one attached hydrogen (secondary N) is 1. The minimum absolute atomic E-state index is 0.0229. The lowest BCUT2D eigenvalue weighted by molar-refractivity contribution is 0.410. The highest BCUT2D eigenvalue weighted by Gasteiger charge is 2.14. The smallest absolute Gasteiger partial charge is 0.252 e. The molecule has 1 unspecified atom stereocenters. The summed E-state index contributed by atoms with van der Waals surface area (Å²) < 4.78 is 3.59. The fraction of sp³-hybridized carbons (Fsp3) is 0.217. The van der Waals surface area contributed by atoms with Crippen LogP contribution in [0.4, 0.5) is 11.6 Å². The van der Waals surface area contributed by atoms with Crippen molar-refractivity contribution in [1.82, 2.24) is 24.3 Å². The Hall–Kier alpha value is -3.74. The maximum absolute atomic E-state index is 12.6. The van der Waals surface area contributed by atoms with Crippen LogP contribution in [-0.4, -0.2) is 24.3 Å². The molecule has 1 aromatic carbocycles. The number of fused-ring (bicyclic) bond motifs is 1. The summed E-state index contributed by atoms with van der Waals surface area (Å²) >= 11 is 0. The number of benzene rings is 1. The second-order valence-electron chi connectivity index (χ2n) is 7.53. The molecule has 0 amide bonds. The fourth-order valence-electron chi connectivity index (χ4n) is 3.84. The standard InChI is InChI=1S/C23H22N6O/c30-21-12-7-18-15-24-23(27-22(18)28(21)16-17-5-2-1-3-6-17)26-19-8-10-20(11-9-19)29-14-4-13-25-29/h1-2,4,7-15,17H,3,5-6,16H2,(H,24,26,27). The van der Waals surface area contributed by atoms with E-state index >= 15 is 0 Å². The number of pyridine rings is 1. The van der Waals surface area contributed by atoms with Gasteiger partial charge >= 0.3 is 0 Å². The lowest BCUT2D eigenvalue weighted by Crippen LogP contribution is -2.25. The van der Waals surface area contributed by atoms with Gasteiger partial charge in [-0.05, 0) is 61.6 Å². The van der Waals surface area contributed by atoms with Crippen LogP contribution < -0.4 is 10.9 Å². The van der Waals surface area contributed by atoms with E-state index in [1.54, 1.807) is 33.8 Å². The highest BCUT2D eigenvalue weighted by atomic mass is 16.1. The van der Waals surface area contributed by atoms with E-state index in [0.717, 1.165) is 36.0 Å². The van der Waals surface area contributed by atoms with Crippen molar-refractivity contribution >= 4 is 22.7 Å². The molecule has 7 heteroatoms. The van der Waals surface area contributed by atoms with Crippen LogP contribution in [0.3, 0.4) is 0 Å². The first-order chi connectivity index (χ1) is 14.8. The summed E-state index contributed by atoms with van der Waals surface area (Å²) in [6.45, 7) is 0.676. The minimum atomic E-state index is -0.0229. The zero-order valence-electron chi connectivity index (χ0n) is 16.5. The largest absolute Gasteiger partial charge is 0.324 e. The number of nitrogens with zero attached hydrogens (tertiary/aromatic N) is 5. The average molecular weight is 398 g/mol. The van der Waals surface area contributed by atoms with E-state index in [9.17, 15) is 4.79 Å². The van der Waals surface area contributed by atoms with Crippen LogP contribution in [0.15, 0.2) is 78.0 Å². The molecule has 1 atom stereocenters. The summed E-state index contributed by atoms with van der Waals surface area (Å²) in [6.07, 6.45) is 13.0. The van der Waals surface area contributed by atoms with Gasteiger partial charge in [-0.25, -0.2) is 9.67 Å². The van der Waals surface area contributed by atoms with Crippen LogP contribution in [-0.2, 0) is 6.54 Å². The highest BCUT2D eigenvalue weighted by molar-refractivity contribution is 5.75. The number of hydrogen-bond acceptors (Lipinski definition) is 5. The third-order valence-electron chi connectivity index (χ3n) is 5.43. The molecular weight excluding hydrogens is 376 g/mol. The van der Waals surface area contributed by atoms with E-state index < -0.39 is 0 Å². The predicted octanol–water partition coefficient (Wildman–Crippen LogP) is 4.08. The molecular formula is C23H22N6O. The normalized spacial score (nSPS) is 16.1. The first kappa shape index (κ1) is 18.3. The van der Waals surface area contributed by atoms with Gasteiger partial charge in [0, 0.05) is 42.3 Å². The minimum Gasteiger partial charge on any atom is -0.324 e. The van der Waals surface area contributed by atoms with Crippen molar-refractivity contribution in [3.05, 3.63) is 83.6 Å². The van der Waals surface area contributed by atoms with Gasteiger partial charge in [0.1, 0.15) is 5.65 Å². The fourth-order valence-corrected chi connectivity index (χ4v) is 3.84. The molecule has 1 aliphatic carbocycles. The third-order valence-corrected chi connectivity index (χ3v) is 5.43. The Labute approximate surface area is 173 Å². The zero-order chi connectivity index (χ0) is 20.3. The summed E-state index contributed by atoms with van der Waals surface area (Å²) in [5.74, 6) is 0.928. The lowest BCUT2D eigenvalue weighted by Gasteiger charge is -2.20. The lowest BCUT2D eigenvalue weighted by atomic mass is 9.94. The Morgan fingerprint density at radius 3 is 2.77 bits per heavy atom. The third kappa shape index (κ3) is 3.74. The van der Waals surface area contributed by atoms with Crippen LogP contribution in [0.1, 0.15) is 19.3 Å². The number of anilines is 2. The molecule has 0 saturated heterocycles. The first-order valence-electron chi connectivity index (χ1n) is 10.1. The molecule has 1 N–H and O–H groups in total. The van der Waals surface area contributed by atoms with Gasteiger partial charge in [0.05, 0.1) is 5.69 Å². The molecule has 0 bridgehead atoms. The van der Waals surface area contributed by atoms with Crippen molar-refractivity contribution in [2.24, 2.45) is 5.92 Å². The number of rotatable bonds is 5. The Bertz CT molecular complexity index is 1240. The van der Waals surface area contributed by atoms with Gasteiger partial charge < -0.3 is 5.32 Å². The maximum atomic E-state index is 12.6. The van der Waals surface area contributed by atoms with Crippen molar-refractivity contribution in [3.8, 4) is 5.69 Å². The van der Waals surface area contributed by atoms with Crippen LogP contribution in [0.5, 0.6) is 0 Å². The Morgan fingerprint density at radius 1 is 1.10 bits per heavy atom. The molecule has 150 valence electrons. The summed E-state index contributed by atoms with van der Waals surface area (Å²) in [7, 11) is 0. The monoisotopic (exact) mass is 398 g/mol. The molecule has 0 fully saturated rings. The van der Waals surface area contributed by atoms with Crippen molar-refractivity contribution in [1.29, 1.82) is 0 Å². The molecule has 30 heavy (non-hydrogen) atoms. The van der Waals surface area contributed by atoms with Crippen molar-refractivity contribution in [2.75, 3.05) is 5.32 Å². The molecule has 4 aromatic rings. The van der Waals surface area contributed by atoms with Crippen LogP contribution in [0, 0.1) is 5.92 Å². The predicted molar refractivity (Wildman–Crippen MR) is 117 cm³/mol. The molecule has 5 rings (SSSR count). The van der Waals surface area contributed by atoms with Crippen LogP contribution in [0.25, 0.3) is 16.7 Å². The quantitative estimate of drug-likeness (QED) is 0.513. The number of hydrogen-bond donors (Lipinski definition) is 1. The Morgan fingerprint density at radius 2 is 2.00 bits per heavy atom. The second-order valence-corrected chi connectivity index (χ2v) is 7.53.